The molecule has 0 aliphatic carbocycles. The number of benzene rings is 1. The van der Waals surface area contributed by atoms with Crippen LogP contribution in [0.2, 0.25) is 0 Å². The highest BCUT2D eigenvalue weighted by Crippen LogP contribution is 2.33. The van der Waals surface area contributed by atoms with Gasteiger partial charge in [0.15, 0.2) is 11.5 Å². The molecule has 0 saturated carbocycles. The molecule has 4 heteroatoms. The predicted octanol–water partition coefficient (Wildman–Crippen LogP) is 4.30. The van der Waals surface area contributed by atoms with Crippen LogP contribution in [-0.2, 0) is 0 Å². The molecule has 0 amide bonds. The highest BCUT2D eigenvalue weighted by molar-refractivity contribution is 5.46. The van der Waals surface area contributed by atoms with Crippen LogP contribution in [-0.4, -0.2) is 18.7 Å². The van der Waals surface area contributed by atoms with Crippen LogP contribution >= 0.6 is 0 Å². The van der Waals surface area contributed by atoms with E-state index in [4.69, 9.17) is 9.47 Å². The molecule has 1 N–H and O–H groups in total. The average Bonchev–Trinajstić information content (AvgIpc) is 2.53. The van der Waals surface area contributed by atoms with E-state index in [2.05, 4.69) is 30.2 Å². The molecule has 0 aliphatic rings. The van der Waals surface area contributed by atoms with Gasteiger partial charge in [0, 0.05) is 6.20 Å². The third-order valence-electron chi connectivity index (χ3n) is 3.48. The largest absolute Gasteiger partial charge is 0.493 e. The molecule has 0 radical (unpaired) electrons. The molecule has 2 rings (SSSR count). The third-order valence-corrected chi connectivity index (χ3v) is 3.48. The maximum atomic E-state index is 5.68. The van der Waals surface area contributed by atoms with Crippen molar-refractivity contribution in [1.82, 2.24) is 4.98 Å². The average molecular weight is 300 g/mol. The zero-order valence-corrected chi connectivity index (χ0v) is 13.7. The van der Waals surface area contributed by atoms with Gasteiger partial charge in [-0.1, -0.05) is 26.0 Å². The summed E-state index contributed by atoms with van der Waals surface area (Å²) in [6, 6.07) is 12.1. The summed E-state index contributed by atoms with van der Waals surface area (Å²) in [5.74, 6) is 2.81. The summed E-state index contributed by atoms with van der Waals surface area (Å²) in [4.78, 5) is 4.35. The standard InChI is InChI=1S/C18H24N2O2/c1-5-22-16-12-14(9-10-15(16)21-4)18(13(2)3)20-17-8-6-7-11-19-17/h6-13,18H,5H2,1-4H3,(H,19,20). The number of aromatic nitrogens is 1. The Hall–Kier alpha value is -2.23. The van der Waals surface area contributed by atoms with Gasteiger partial charge >= 0.3 is 0 Å². The van der Waals surface area contributed by atoms with Gasteiger partial charge in [-0.2, -0.15) is 0 Å². The van der Waals surface area contributed by atoms with Crippen LogP contribution in [0, 0.1) is 5.92 Å². The van der Waals surface area contributed by atoms with E-state index in [1.807, 2.05) is 37.3 Å². The van der Waals surface area contributed by atoms with Crippen LogP contribution in [0.5, 0.6) is 11.5 Å². The number of pyridine rings is 1. The van der Waals surface area contributed by atoms with Crippen molar-refractivity contribution in [1.29, 1.82) is 0 Å². The molecule has 0 saturated heterocycles. The van der Waals surface area contributed by atoms with Crippen LogP contribution in [0.4, 0.5) is 5.82 Å². The van der Waals surface area contributed by atoms with Crippen molar-refractivity contribution in [3.8, 4) is 11.5 Å². The van der Waals surface area contributed by atoms with Crippen molar-refractivity contribution in [2.75, 3.05) is 19.0 Å². The first kappa shape index (κ1) is 16.1. The second-order valence-electron chi connectivity index (χ2n) is 5.42. The number of ether oxygens (including phenoxy) is 2. The van der Waals surface area contributed by atoms with E-state index in [-0.39, 0.29) is 6.04 Å². The predicted molar refractivity (Wildman–Crippen MR) is 89.6 cm³/mol. The molecule has 1 unspecified atom stereocenters. The molecule has 0 bridgehead atoms. The zero-order chi connectivity index (χ0) is 15.9. The first-order chi connectivity index (χ1) is 10.7. The lowest BCUT2D eigenvalue weighted by molar-refractivity contribution is 0.310. The summed E-state index contributed by atoms with van der Waals surface area (Å²) in [7, 11) is 1.66. The Morgan fingerprint density at radius 2 is 1.95 bits per heavy atom. The van der Waals surface area contributed by atoms with Gasteiger partial charge in [-0.25, -0.2) is 4.98 Å². The summed E-state index contributed by atoms with van der Waals surface area (Å²) < 4.78 is 11.0. The Kier molecular flexibility index (Phi) is 5.64. The Morgan fingerprint density at radius 3 is 2.55 bits per heavy atom. The normalized spacial score (nSPS) is 12.0. The molecular formula is C18H24N2O2. The van der Waals surface area contributed by atoms with Crippen molar-refractivity contribution in [2.45, 2.75) is 26.8 Å². The Bertz CT molecular complexity index is 585. The van der Waals surface area contributed by atoms with Gasteiger partial charge in [0.2, 0.25) is 0 Å². The second-order valence-corrected chi connectivity index (χ2v) is 5.42. The van der Waals surface area contributed by atoms with Gasteiger partial charge in [-0.05, 0) is 42.7 Å². The van der Waals surface area contributed by atoms with Gasteiger partial charge in [0.1, 0.15) is 5.82 Å². The lowest BCUT2D eigenvalue weighted by Gasteiger charge is -2.24. The Morgan fingerprint density at radius 1 is 1.14 bits per heavy atom. The van der Waals surface area contributed by atoms with Gasteiger partial charge in [-0.15, -0.1) is 0 Å². The fourth-order valence-electron chi connectivity index (χ4n) is 2.40. The molecule has 118 valence electrons. The van der Waals surface area contributed by atoms with Gasteiger partial charge in [0.05, 0.1) is 19.8 Å². The molecule has 0 aliphatic heterocycles. The molecule has 1 aromatic carbocycles. The van der Waals surface area contributed by atoms with Crippen LogP contribution in [0.1, 0.15) is 32.4 Å². The smallest absolute Gasteiger partial charge is 0.161 e. The molecule has 4 nitrogen and oxygen atoms in total. The number of hydrogen-bond donors (Lipinski definition) is 1. The molecule has 2 aromatic rings. The van der Waals surface area contributed by atoms with E-state index in [0.29, 0.717) is 12.5 Å². The SMILES string of the molecule is CCOc1cc(C(Nc2ccccn2)C(C)C)ccc1OC. The lowest BCUT2D eigenvalue weighted by Crippen LogP contribution is -2.17. The molecular weight excluding hydrogens is 276 g/mol. The monoisotopic (exact) mass is 300 g/mol. The highest BCUT2D eigenvalue weighted by Gasteiger charge is 2.18. The minimum absolute atomic E-state index is 0.153. The summed E-state index contributed by atoms with van der Waals surface area (Å²) in [6.07, 6.45) is 1.79. The summed E-state index contributed by atoms with van der Waals surface area (Å²) in [5.41, 5.74) is 1.16. The van der Waals surface area contributed by atoms with Gasteiger partial charge in [-0.3, -0.25) is 0 Å². The first-order valence-corrected chi connectivity index (χ1v) is 7.64. The Labute approximate surface area is 132 Å². The second kappa shape index (κ2) is 7.69. The molecule has 22 heavy (non-hydrogen) atoms. The molecule has 0 spiro atoms. The summed E-state index contributed by atoms with van der Waals surface area (Å²) >= 11 is 0. The van der Waals surface area contributed by atoms with Crippen molar-refractivity contribution in [3.05, 3.63) is 48.2 Å². The quantitative estimate of drug-likeness (QED) is 0.828. The van der Waals surface area contributed by atoms with Crippen molar-refractivity contribution >= 4 is 5.82 Å². The van der Waals surface area contributed by atoms with E-state index in [9.17, 15) is 0 Å². The first-order valence-electron chi connectivity index (χ1n) is 7.64. The van der Waals surface area contributed by atoms with Crippen LogP contribution in [0.15, 0.2) is 42.6 Å². The van der Waals surface area contributed by atoms with E-state index in [1.165, 1.54) is 0 Å². The maximum absolute atomic E-state index is 5.68. The summed E-state index contributed by atoms with van der Waals surface area (Å²) in [6.45, 7) is 6.95. The number of nitrogens with zero attached hydrogens (tertiary/aromatic N) is 1. The van der Waals surface area contributed by atoms with E-state index < -0.39 is 0 Å². The van der Waals surface area contributed by atoms with E-state index >= 15 is 0 Å². The molecule has 1 heterocycles. The fraction of sp³-hybridized carbons (Fsp3) is 0.389. The molecule has 0 fully saturated rings. The Balaban J connectivity index is 2.30. The number of hydrogen-bond acceptors (Lipinski definition) is 4. The minimum atomic E-state index is 0.153. The van der Waals surface area contributed by atoms with Gasteiger partial charge < -0.3 is 14.8 Å². The fourth-order valence-corrected chi connectivity index (χ4v) is 2.40. The van der Waals surface area contributed by atoms with Crippen molar-refractivity contribution in [3.63, 3.8) is 0 Å². The van der Waals surface area contributed by atoms with Crippen molar-refractivity contribution in [2.24, 2.45) is 5.92 Å². The third kappa shape index (κ3) is 3.91. The number of methoxy groups -OCH3 is 1. The van der Waals surface area contributed by atoms with Gasteiger partial charge in [0.25, 0.3) is 0 Å². The summed E-state index contributed by atoms with van der Waals surface area (Å²) in [5, 5.41) is 3.49. The molecule has 1 aromatic heterocycles. The van der Waals surface area contributed by atoms with E-state index in [1.54, 1.807) is 13.3 Å². The van der Waals surface area contributed by atoms with E-state index in [0.717, 1.165) is 22.9 Å². The highest BCUT2D eigenvalue weighted by atomic mass is 16.5. The minimum Gasteiger partial charge on any atom is -0.493 e. The number of rotatable bonds is 7. The van der Waals surface area contributed by atoms with Crippen LogP contribution in [0.25, 0.3) is 0 Å². The topological polar surface area (TPSA) is 43.4 Å². The van der Waals surface area contributed by atoms with Crippen LogP contribution < -0.4 is 14.8 Å². The van der Waals surface area contributed by atoms with Crippen molar-refractivity contribution < 1.29 is 9.47 Å². The zero-order valence-electron chi connectivity index (χ0n) is 13.7. The van der Waals surface area contributed by atoms with Crippen LogP contribution in [0.3, 0.4) is 0 Å². The number of anilines is 1. The number of nitrogens with one attached hydrogen (secondary N) is 1. The lowest BCUT2D eigenvalue weighted by atomic mass is 9.95. The molecule has 1 atom stereocenters. The maximum Gasteiger partial charge on any atom is 0.161 e.